The first-order valence-electron chi connectivity index (χ1n) is 7.61. The molecule has 0 saturated heterocycles. The first-order valence-corrected chi connectivity index (χ1v) is 7.61. The fourth-order valence-electron chi connectivity index (χ4n) is 2.35. The second-order valence-corrected chi connectivity index (χ2v) is 6.59. The van der Waals surface area contributed by atoms with Crippen LogP contribution in [-0.2, 0) is 13.0 Å². The zero-order chi connectivity index (χ0) is 14.5. The van der Waals surface area contributed by atoms with Gasteiger partial charge in [-0.05, 0) is 31.2 Å². The molecule has 0 saturated carbocycles. The van der Waals surface area contributed by atoms with Gasteiger partial charge in [0.1, 0.15) is 5.82 Å². The Morgan fingerprint density at radius 1 is 1.32 bits per heavy atom. The maximum Gasteiger partial charge on any atom is 0.110 e. The van der Waals surface area contributed by atoms with E-state index in [0.29, 0.717) is 17.4 Å². The molecule has 0 aliphatic rings. The van der Waals surface area contributed by atoms with Crippen LogP contribution >= 0.6 is 0 Å². The zero-order valence-corrected chi connectivity index (χ0v) is 13.5. The molecule has 3 heteroatoms. The van der Waals surface area contributed by atoms with E-state index in [1.165, 1.54) is 12.2 Å². The lowest BCUT2D eigenvalue weighted by atomic mass is 9.78. The van der Waals surface area contributed by atoms with Crippen molar-refractivity contribution in [3.63, 3.8) is 0 Å². The molecule has 0 aromatic carbocycles. The highest BCUT2D eigenvalue weighted by Crippen LogP contribution is 2.29. The number of aryl methyl sites for hydroxylation is 1. The van der Waals surface area contributed by atoms with E-state index in [0.717, 1.165) is 19.5 Å². The maximum absolute atomic E-state index is 4.50. The Morgan fingerprint density at radius 3 is 2.53 bits per heavy atom. The third-order valence-corrected chi connectivity index (χ3v) is 4.18. The summed E-state index contributed by atoms with van der Waals surface area (Å²) in [6.07, 6.45) is 6.21. The molecule has 0 radical (unpaired) electrons. The quantitative estimate of drug-likeness (QED) is 0.818. The first-order chi connectivity index (χ1) is 8.88. The van der Waals surface area contributed by atoms with Gasteiger partial charge in [0.25, 0.3) is 0 Å². The van der Waals surface area contributed by atoms with Gasteiger partial charge in [-0.15, -0.1) is 0 Å². The Kier molecular flexibility index (Phi) is 6.05. The molecule has 3 nitrogen and oxygen atoms in total. The molecule has 2 unspecified atom stereocenters. The Balaban J connectivity index is 2.68. The highest BCUT2D eigenvalue weighted by Gasteiger charge is 2.24. The minimum atomic E-state index is 0.369. The van der Waals surface area contributed by atoms with Gasteiger partial charge in [0.15, 0.2) is 0 Å². The normalized spacial score (nSPS) is 15.5. The van der Waals surface area contributed by atoms with E-state index in [9.17, 15) is 0 Å². The summed E-state index contributed by atoms with van der Waals surface area (Å²) in [5.74, 6) is 1.90. The molecule has 19 heavy (non-hydrogen) atoms. The van der Waals surface area contributed by atoms with E-state index in [1.807, 2.05) is 6.20 Å². The number of aromatic nitrogens is 2. The number of likely N-dealkylation sites (N-methyl/N-ethyl adjacent to an activating group) is 1. The van der Waals surface area contributed by atoms with Crippen LogP contribution in [0.15, 0.2) is 12.4 Å². The van der Waals surface area contributed by atoms with Gasteiger partial charge in [-0.3, -0.25) is 0 Å². The summed E-state index contributed by atoms with van der Waals surface area (Å²) in [4.78, 5) is 4.50. The monoisotopic (exact) mass is 265 g/mol. The first kappa shape index (κ1) is 16.2. The number of hydrogen-bond donors (Lipinski definition) is 1. The van der Waals surface area contributed by atoms with Crippen LogP contribution in [0.4, 0.5) is 0 Å². The van der Waals surface area contributed by atoms with Crippen LogP contribution in [-0.4, -0.2) is 22.1 Å². The lowest BCUT2D eigenvalue weighted by molar-refractivity contribution is 0.221. The van der Waals surface area contributed by atoms with Crippen molar-refractivity contribution in [2.45, 2.75) is 67.0 Å². The number of rotatable bonds is 7. The lowest BCUT2D eigenvalue weighted by Gasteiger charge is -2.31. The second-order valence-electron chi connectivity index (χ2n) is 6.59. The summed E-state index contributed by atoms with van der Waals surface area (Å²) in [5.41, 5.74) is 0.369. The van der Waals surface area contributed by atoms with Crippen LogP contribution in [0.25, 0.3) is 0 Å². The highest BCUT2D eigenvalue weighted by molar-refractivity contribution is 4.96. The molecular weight excluding hydrogens is 234 g/mol. The van der Waals surface area contributed by atoms with E-state index in [4.69, 9.17) is 0 Å². The van der Waals surface area contributed by atoms with Crippen molar-refractivity contribution in [1.29, 1.82) is 0 Å². The summed E-state index contributed by atoms with van der Waals surface area (Å²) >= 11 is 0. The molecule has 1 N–H and O–H groups in total. The van der Waals surface area contributed by atoms with Crippen LogP contribution in [0.1, 0.15) is 53.8 Å². The molecule has 0 spiro atoms. The van der Waals surface area contributed by atoms with Gasteiger partial charge in [0.2, 0.25) is 0 Å². The SMILES string of the molecule is CCNC(Cc1nccn1CC)CC(C)C(C)(C)C. The predicted molar refractivity (Wildman–Crippen MR) is 82.3 cm³/mol. The standard InChI is InChI=1S/C16H31N3/c1-7-17-14(11-13(3)16(4,5)6)12-15-18-9-10-19(15)8-2/h9-10,13-14,17H,7-8,11-12H2,1-6H3. The van der Waals surface area contributed by atoms with Gasteiger partial charge in [-0.25, -0.2) is 4.98 Å². The molecular formula is C16H31N3. The number of imidazole rings is 1. The largest absolute Gasteiger partial charge is 0.335 e. The Bertz CT molecular complexity index is 362. The van der Waals surface area contributed by atoms with Gasteiger partial charge in [-0.1, -0.05) is 34.6 Å². The number of nitrogens with zero attached hydrogens (tertiary/aromatic N) is 2. The predicted octanol–water partition coefficient (Wildman–Crippen LogP) is 3.50. The van der Waals surface area contributed by atoms with E-state index in [-0.39, 0.29) is 0 Å². The smallest absolute Gasteiger partial charge is 0.110 e. The Hall–Kier alpha value is -0.830. The second kappa shape index (κ2) is 7.09. The average molecular weight is 265 g/mol. The van der Waals surface area contributed by atoms with Crippen LogP contribution in [0.5, 0.6) is 0 Å². The van der Waals surface area contributed by atoms with E-state index >= 15 is 0 Å². The van der Waals surface area contributed by atoms with E-state index in [1.54, 1.807) is 0 Å². The molecule has 0 bridgehead atoms. The topological polar surface area (TPSA) is 29.9 Å². The summed E-state index contributed by atoms with van der Waals surface area (Å²) in [6.45, 7) is 15.7. The van der Waals surface area contributed by atoms with Crippen molar-refractivity contribution in [3.05, 3.63) is 18.2 Å². The summed E-state index contributed by atoms with van der Waals surface area (Å²) in [7, 11) is 0. The molecule has 0 fully saturated rings. The van der Waals surface area contributed by atoms with Crippen LogP contribution in [0.3, 0.4) is 0 Å². The van der Waals surface area contributed by atoms with E-state index in [2.05, 4.69) is 62.6 Å². The third kappa shape index (κ3) is 4.98. The maximum atomic E-state index is 4.50. The zero-order valence-electron chi connectivity index (χ0n) is 13.5. The highest BCUT2D eigenvalue weighted by atomic mass is 15.1. The van der Waals surface area contributed by atoms with Crippen molar-refractivity contribution in [2.75, 3.05) is 6.54 Å². The molecule has 0 aliphatic carbocycles. The summed E-state index contributed by atoms with van der Waals surface area (Å²) in [6, 6.07) is 0.520. The summed E-state index contributed by atoms with van der Waals surface area (Å²) < 4.78 is 2.24. The van der Waals surface area contributed by atoms with Crippen LogP contribution < -0.4 is 5.32 Å². The lowest BCUT2D eigenvalue weighted by Crippen LogP contribution is -2.36. The van der Waals surface area contributed by atoms with E-state index < -0.39 is 0 Å². The van der Waals surface area contributed by atoms with Crippen LogP contribution in [0, 0.1) is 11.3 Å². The third-order valence-electron chi connectivity index (χ3n) is 4.18. The van der Waals surface area contributed by atoms with Crippen molar-refractivity contribution >= 4 is 0 Å². The van der Waals surface area contributed by atoms with Gasteiger partial charge < -0.3 is 9.88 Å². The minimum absolute atomic E-state index is 0.369. The molecule has 1 heterocycles. The van der Waals surface area contributed by atoms with Gasteiger partial charge in [0, 0.05) is 31.4 Å². The van der Waals surface area contributed by atoms with Crippen LogP contribution in [0.2, 0.25) is 0 Å². The Morgan fingerprint density at radius 2 is 2.00 bits per heavy atom. The minimum Gasteiger partial charge on any atom is -0.335 e. The fraction of sp³-hybridized carbons (Fsp3) is 0.812. The fourth-order valence-corrected chi connectivity index (χ4v) is 2.35. The molecule has 110 valence electrons. The molecule has 0 aliphatic heterocycles. The van der Waals surface area contributed by atoms with Gasteiger partial charge >= 0.3 is 0 Å². The van der Waals surface area contributed by atoms with Crippen molar-refractivity contribution in [1.82, 2.24) is 14.9 Å². The molecule has 0 amide bonds. The average Bonchev–Trinajstić information content (AvgIpc) is 2.75. The Labute approximate surface area is 118 Å². The van der Waals surface area contributed by atoms with Crippen molar-refractivity contribution in [2.24, 2.45) is 11.3 Å². The van der Waals surface area contributed by atoms with Gasteiger partial charge in [-0.2, -0.15) is 0 Å². The van der Waals surface area contributed by atoms with Crippen molar-refractivity contribution in [3.8, 4) is 0 Å². The molecule has 2 atom stereocenters. The van der Waals surface area contributed by atoms with Crippen molar-refractivity contribution < 1.29 is 0 Å². The molecule has 1 rings (SSSR count). The van der Waals surface area contributed by atoms with Gasteiger partial charge in [0.05, 0.1) is 0 Å². The number of hydrogen-bond acceptors (Lipinski definition) is 2. The molecule has 1 aromatic rings. The number of nitrogens with one attached hydrogen (secondary N) is 1. The molecule has 1 aromatic heterocycles. The summed E-state index contributed by atoms with van der Waals surface area (Å²) in [5, 5.41) is 3.62.